The van der Waals surface area contributed by atoms with Crippen LogP contribution in [0.15, 0.2) is 108 Å². The largest absolute Gasteiger partial charge is 0.383 e. The molecule has 2 aromatic heterocycles. The lowest BCUT2D eigenvalue weighted by Crippen LogP contribution is -2.25. The molecule has 214 valence electrons. The van der Waals surface area contributed by atoms with Gasteiger partial charge in [-0.15, -0.1) is 0 Å². The fourth-order valence-corrected chi connectivity index (χ4v) is 7.38. The summed E-state index contributed by atoms with van der Waals surface area (Å²) in [7, 11) is -0.500. The predicted octanol–water partition coefficient (Wildman–Crippen LogP) is 8.33. The van der Waals surface area contributed by atoms with E-state index in [1.165, 1.54) is 11.1 Å². The molecule has 2 aromatic carbocycles. The third-order valence-corrected chi connectivity index (χ3v) is 9.68. The molecule has 0 spiro atoms. The van der Waals surface area contributed by atoms with E-state index in [9.17, 15) is 4.79 Å². The van der Waals surface area contributed by atoms with Gasteiger partial charge in [0.2, 0.25) is 0 Å². The number of rotatable bonds is 6. The molecule has 3 heterocycles. The van der Waals surface area contributed by atoms with E-state index in [1.807, 2.05) is 75.4 Å². The highest BCUT2D eigenvalue weighted by atomic mass is 35.5. The number of aromatic nitrogens is 3. The molecule has 0 aliphatic carbocycles. The van der Waals surface area contributed by atoms with Crippen LogP contribution in [0.5, 0.6) is 0 Å². The van der Waals surface area contributed by atoms with E-state index in [0.29, 0.717) is 16.4 Å². The maximum absolute atomic E-state index is 13.0. The summed E-state index contributed by atoms with van der Waals surface area (Å²) in [6, 6.07) is 22.2. The Morgan fingerprint density at radius 1 is 1.07 bits per heavy atom. The molecule has 7 heteroatoms. The number of halogens is 1. The molecule has 0 radical (unpaired) electrons. The third kappa shape index (κ3) is 6.70. The first-order valence-corrected chi connectivity index (χ1v) is 15.9. The highest BCUT2D eigenvalue weighted by Gasteiger charge is 2.25. The summed E-state index contributed by atoms with van der Waals surface area (Å²) >= 11 is 6.31. The minimum atomic E-state index is -0.500. The fourth-order valence-electron chi connectivity index (χ4n) is 4.86. The molecule has 5 nitrogen and oxygen atoms in total. The standard InChI is InChI=1S/C19H20ClNO.C16H16N3P/c1-4-10-14-13-15(5-2)21(16-11-8-7-9-12-16)19(22)18(14)17(20)6-3;1-11-8-20(9-13-6-4-3-5-7-13)16-14(12(11)2)15(17)18-10-19-16/h4,6-13H,5H2,1-3H3;3-8,10H,2,9H2,1H3,(H2,17,18,19)/b10-4-,17-6+;. The number of anilines is 1. The van der Waals surface area contributed by atoms with E-state index in [2.05, 4.69) is 53.6 Å². The summed E-state index contributed by atoms with van der Waals surface area (Å²) in [5.41, 5.74) is 14.6. The second kappa shape index (κ2) is 14.2. The van der Waals surface area contributed by atoms with Crippen molar-refractivity contribution in [1.82, 2.24) is 14.5 Å². The minimum Gasteiger partial charge on any atom is -0.383 e. The summed E-state index contributed by atoms with van der Waals surface area (Å²) in [6.07, 6.45) is 8.90. The summed E-state index contributed by atoms with van der Waals surface area (Å²) in [5, 5.41) is 0.477. The highest BCUT2D eigenvalue weighted by Crippen LogP contribution is 2.48. The van der Waals surface area contributed by atoms with Gasteiger partial charge in [-0.05, 0) is 75.6 Å². The van der Waals surface area contributed by atoms with Crippen LogP contribution in [0.4, 0.5) is 5.82 Å². The molecule has 1 atom stereocenters. The fraction of sp³-hybridized carbons (Fsp3) is 0.171. The Labute approximate surface area is 254 Å². The first-order valence-electron chi connectivity index (χ1n) is 13.9. The van der Waals surface area contributed by atoms with Gasteiger partial charge >= 0.3 is 0 Å². The topological polar surface area (TPSA) is 73.8 Å². The minimum absolute atomic E-state index is 0.0817. The van der Waals surface area contributed by atoms with E-state index in [4.69, 9.17) is 17.3 Å². The van der Waals surface area contributed by atoms with Crippen molar-refractivity contribution in [1.29, 1.82) is 0 Å². The number of para-hydroxylation sites is 1. The van der Waals surface area contributed by atoms with Gasteiger partial charge in [0.1, 0.15) is 12.1 Å². The second-order valence-corrected chi connectivity index (χ2v) is 12.1. The number of nitrogens with two attached hydrogens (primary N) is 1. The van der Waals surface area contributed by atoms with E-state index in [0.717, 1.165) is 46.1 Å². The van der Waals surface area contributed by atoms with Gasteiger partial charge in [-0.25, -0.2) is 9.97 Å². The molecule has 0 bridgehead atoms. The van der Waals surface area contributed by atoms with Crippen LogP contribution in [-0.4, -0.2) is 14.5 Å². The first kappa shape index (κ1) is 30.9. The van der Waals surface area contributed by atoms with Crippen LogP contribution in [0.2, 0.25) is 0 Å². The Morgan fingerprint density at radius 3 is 2.36 bits per heavy atom. The van der Waals surface area contributed by atoms with Crippen molar-refractivity contribution in [3.8, 4) is 5.69 Å². The molecule has 0 saturated heterocycles. The zero-order valence-electron chi connectivity index (χ0n) is 24.5. The molecular weight excluding hydrogens is 559 g/mol. The van der Waals surface area contributed by atoms with Crippen molar-refractivity contribution in [2.24, 2.45) is 0 Å². The summed E-state index contributed by atoms with van der Waals surface area (Å²) in [6.45, 7) is 12.0. The van der Waals surface area contributed by atoms with Gasteiger partial charge in [-0.1, -0.05) is 97.7 Å². The number of aryl methyl sites for hydroxylation is 1. The van der Waals surface area contributed by atoms with E-state index in [-0.39, 0.29) is 5.56 Å². The van der Waals surface area contributed by atoms with Crippen molar-refractivity contribution >= 4 is 47.5 Å². The van der Waals surface area contributed by atoms with Crippen LogP contribution >= 0.6 is 19.5 Å². The maximum atomic E-state index is 13.0. The van der Waals surface area contributed by atoms with Gasteiger partial charge in [0, 0.05) is 28.1 Å². The second-order valence-electron chi connectivity index (χ2n) is 9.79. The Morgan fingerprint density at radius 2 is 1.74 bits per heavy atom. The van der Waals surface area contributed by atoms with Crippen LogP contribution in [0.1, 0.15) is 55.6 Å². The molecule has 0 amide bonds. The van der Waals surface area contributed by atoms with Gasteiger partial charge in [-0.3, -0.25) is 9.36 Å². The molecule has 4 aromatic rings. The van der Waals surface area contributed by atoms with Crippen LogP contribution in [0.3, 0.4) is 0 Å². The number of nitrogens with zero attached hydrogens (tertiary/aromatic N) is 3. The predicted molar refractivity (Wildman–Crippen MR) is 182 cm³/mol. The van der Waals surface area contributed by atoms with E-state index >= 15 is 0 Å². The molecule has 1 aliphatic rings. The number of benzene rings is 2. The van der Waals surface area contributed by atoms with Crippen molar-refractivity contribution in [2.45, 2.75) is 40.3 Å². The molecule has 2 N–H and O–H groups in total. The zero-order chi connectivity index (χ0) is 30.2. The van der Waals surface area contributed by atoms with Gasteiger partial charge in [0.15, 0.2) is 0 Å². The lowest BCUT2D eigenvalue weighted by atomic mass is 10.0. The van der Waals surface area contributed by atoms with Crippen LogP contribution in [0.25, 0.3) is 22.4 Å². The van der Waals surface area contributed by atoms with E-state index in [1.54, 1.807) is 17.0 Å². The number of hydrogen-bond acceptors (Lipinski definition) is 4. The highest BCUT2D eigenvalue weighted by molar-refractivity contribution is 7.68. The molecule has 42 heavy (non-hydrogen) atoms. The lowest BCUT2D eigenvalue weighted by molar-refractivity contribution is 0.871. The van der Waals surface area contributed by atoms with Crippen LogP contribution in [-0.2, 0) is 12.6 Å². The Balaban J connectivity index is 0.000000193. The Hall–Kier alpha value is -4.05. The molecular formula is C35H36ClN4OP. The van der Waals surface area contributed by atoms with Crippen LogP contribution in [0, 0.1) is 0 Å². The number of fused-ring (bicyclic) bond motifs is 1. The number of nitrogen functional groups attached to an aromatic ring is 1. The first-order chi connectivity index (χ1) is 20.3. The van der Waals surface area contributed by atoms with Crippen molar-refractivity contribution < 1.29 is 0 Å². The zero-order valence-corrected chi connectivity index (χ0v) is 26.2. The molecule has 0 saturated carbocycles. The van der Waals surface area contributed by atoms with Crippen molar-refractivity contribution in [3.63, 3.8) is 0 Å². The summed E-state index contributed by atoms with van der Waals surface area (Å²) in [5.74, 6) is 2.83. The average Bonchev–Trinajstić information content (AvgIpc) is 3.00. The lowest BCUT2D eigenvalue weighted by Gasteiger charge is -2.25. The maximum Gasteiger partial charge on any atom is 0.264 e. The van der Waals surface area contributed by atoms with E-state index < -0.39 is 7.92 Å². The average molecular weight is 595 g/mol. The van der Waals surface area contributed by atoms with Gasteiger partial charge in [-0.2, -0.15) is 0 Å². The van der Waals surface area contributed by atoms with Gasteiger partial charge in [0.05, 0.1) is 11.0 Å². The number of hydrogen-bond donors (Lipinski definition) is 1. The monoisotopic (exact) mass is 594 g/mol. The summed E-state index contributed by atoms with van der Waals surface area (Å²) in [4.78, 5) is 21.6. The normalized spacial score (nSPS) is 14.7. The summed E-state index contributed by atoms with van der Waals surface area (Å²) < 4.78 is 1.74. The molecule has 0 fully saturated rings. The van der Waals surface area contributed by atoms with Gasteiger partial charge < -0.3 is 5.73 Å². The number of pyridine rings is 1. The van der Waals surface area contributed by atoms with Gasteiger partial charge in [0.25, 0.3) is 5.56 Å². The number of allylic oxidation sites excluding steroid dienone is 4. The molecule has 1 aliphatic heterocycles. The molecule has 5 rings (SSSR count). The van der Waals surface area contributed by atoms with Crippen LogP contribution < -0.4 is 16.7 Å². The smallest absolute Gasteiger partial charge is 0.264 e. The SMILES string of the molecule is C/C=C\c1cc(CC)n(-c2ccccc2)c(=O)c1/C(Cl)=C\C.C=C1C(C)=CP(Cc2ccccc2)c2ncnc(N)c21. The quantitative estimate of drug-likeness (QED) is 0.228. The Bertz CT molecular complexity index is 1720. The van der Waals surface area contributed by atoms with Crippen molar-refractivity contribution in [3.05, 3.63) is 141 Å². The molecule has 1 unspecified atom stereocenters. The Kier molecular flexibility index (Phi) is 10.5. The van der Waals surface area contributed by atoms with Crippen molar-refractivity contribution in [2.75, 3.05) is 5.73 Å². The third-order valence-electron chi connectivity index (χ3n) is 6.98.